The van der Waals surface area contributed by atoms with Gasteiger partial charge in [0.05, 0.1) is 0 Å². The molecule has 1 amide bonds. The van der Waals surface area contributed by atoms with Crippen molar-refractivity contribution in [2.45, 2.75) is 52.2 Å². The van der Waals surface area contributed by atoms with Crippen molar-refractivity contribution in [3.05, 3.63) is 70.9 Å². The smallest absolute Gasteiger partial charge is 0.223 e. The van der Waals surface area contributed by atoms with E-state index in [1.807, 2.05) is 12.1 Å². The Hall–Kier alpha value is -2.30. The first-order valence-electron chi connectivity index (χ1n) is 11.4. The molecule has 1 aliphatic heterocycles. The van der Waals surface area contributed by atoms with Gasteiger partial charge in [-0.3, -0.25) is 9.69 Å². The summed E-state index contributed by atoms with van der Waals surface area (Å²) in [7, 11) is 0. The van der Waals surface area contributed by atoms with Crippen molar-refractivity contribution in [3.63, 3.8) is 0 Å². The Kier molecular flexibility index (Phi) is 6.99. The average Bonchev–Trinajstić information content (AvgIpc) is 3.12. The Labute approximate surface area is 190 Å². The number of likely N-dealkylation sites (tertiary alicyclic amines) is 1. The first-order valence-corrected chi connectivity index (χ1v) is 11.8. The first kappa shape index (κ1) is 21.9. The minimum atomic E-state index is 0.144. The van der Waals surface area contributed by atoms with Crippen molar-refractivity contribution < 1.29 is 4.79 Å². The molecular formula is C26H32ClN3O. The highest BCUT2D eigenvalue weighted by molar-refractivity contribution is 6.30. The zero-order chi connectivity index (χ0) is 21.8. The molecule has 4 rings (SSSR count). The zero-order valence-electron chi connectivity index (χ0n) is 18.5. The number of nitrogens with zero attached hydrogens (tertiary/aromatic N) is 2. The van der Waals surface area contributed by atoms with Gasteiger partial charge in [-0.05, 0) is 74.5 Å². The van der Waals surface area contributed by atoms with Gasteiger partial charge in [-0.15, -0.1) is 0 Å². The number of hydrogen-bond acceptors (Lipinski definition) is 2. The van der Waals surface area contributed by atoms with Gasteiger partial charge in [-0.1, -0.05) is 48.9 Å². The van der Waals surface area contributed by atoms with Crippen LogP contribution >= 0.6 is 11.6 Å². The van der Waals surface area contributed by atoms with E-state index < -0.39 is 0 Å². The Bertz CT molecular complexity index is 1020. The molecule has 164 valence electrons. The summed E-state index contributed by atoms with van der Waals surface area (Å²) < 4.78 is 2.42. The molecule has 0 aliphatic carbocycles. The number of para-hydroxylation sites is 1. The summed E-state index contributed by atoms with van der Waals surface area (Å²) in [6.07, 6.45) is 2.84. The summed E-state index contributed by atoms with van der Waals surface area (Å²) in [5.41, 5.74) is 3.82. The molecule has 0 radical (unpaired) electrons. The molecule has 5 heteroatoms. The Morgan fingerprint density at radius 2 is 1.81 bits per heavy atom. The summed E-state index contributed by atoms with van der Waals surface area (Å²) in [6.45, 7) is 7.83. The zero-order valence-corrected chi connectivity index (χ0v) is 19.2. The predicted octanol–water partition coefficient (Wildman–Crippen LogP) is 5.47. The Morgan fingerprint density at radius 1 is 1.10 bits per heavy atom. The third kappa shape index (κ3) is 5.31. The Morgan fingerprint density at radius 3 is 2.52 bits per heavy atom. The highest BCUT2D eigenvalue weighted by Gasteiger charge is 2.26. The number of benzene rings is 2. The summed E-state index contributed by atoms with van der Waals surface area (Å²) in [5, 5.41) is 5.19. The monoisotopic (exact) mass is 437 g/mol. The quantitative estimate of drug-likeness (QED) is 0.532. The lowest BCUT2D eigenvalue weighted by atomic mass is 9.95. The number of carbonyl (C=O) groups is 1. The number of piperidine rings is 1. The second-order valence-corrected chi connectivity index (χ2v) is 9.21. The number of amides is 1. The molecule has 2 aromatic carbocycles. The first-order chi connectivity index (χ1) is 15.0. The number of hydrogen-bond donors (Lipinski definition) is 1. The van der Waals surface area contributed by atoms with Gasteiger partial charge in [0.15, 0.2) is 0 Å². The van der Waals surface area contributed by atoms with Gasteiger partial charge in [0, 0.05) is 41.3 Å². The second kappa shape index (κ2) is 9.88. The summed E-state index contributed by atoms with van der Waals surface area (Å²) in [6, 6.07) is 19.3. The average molecular weight is 438 g/mol. The molecule has 0 saturated carbocycles. The SMILES string of the molecule is CC[C@H](C)NC(=O)C1CCN(Cc2cc3ccccc3n2Cc2ccc(Cl)cc2)CC1. The van der Waals surface area contributed by atoms with Gasteiger partial charge in [0.25, 0.3) is 0 Å². The van der Waals surface area contributed by atoms with E-state index in [-0.39, 0.29) is 17.9 Å². The van der Waals surface area contributed by atoms with E-state index in [9.17, 15) is 4.79 Å². The molecule has 31 heavy (non-hydrogen) atoms. The van der Waals surface area contributed by atoms with Gasteiger partial charge in [0.1, 0.15) is 0 Å². The van der Waals surface area contributed by atoms with Crippen LogP contribution in [0.1, 0.15) is 44.4 Å². The summed E-state index contributed by atoms with van der Waals surface area (Å²) in [5.74, 6) is 0.371. The molecule has 1 atom stereocenters. The molecule has 0 spiro atoms. The van der Waals surface area contributed by atoms with E-state index >= 15 is 0 Å². The fourth-order valence-electron chi connectivity index (χ4n) is 4.40. The maximum atomic E-state index is 12.5. The van der Waals surface area contributed by atoms with E-state index in [2.05, 4.69) is 71.1 Å². The van der Waals surface area contributed by atoms with Crippen LogP contribution in [0.25, 0.3) is 10.9 Å². The van der Waals surface area contributed by atoms with E-state index in [4.69, 9.17) is 11.6 Å². The van der Waals surface area contributed by atoms with Crippen LogP contribution in [-0.2, 0) is 17.9 Å². The van der Waals surface area contributed by atoms with E-state index in [0.29, 0.717) is 0 Å². The molecule has 1 fully saturated rings. The van der Waals surface area contributed by atoms with Crippen molar-refractivity contribution in [1.29, 1.82) is 0 Å². The number of nitrogens with one attached hydrogen (secondary N) is 1. The normalized spacial score (nSPS) is 16.5. The Balaban J connectivity index is 1.46. The van der Waals surface area contributed by atoms with Crippen molar-refractivity contribution in [2.75, 3.05) is 13.1 Å². The minimum absolute atomic E-state index is 0.144. The lowest BCUT2D eigenvalue weighted by molar-refractivity contribution is -0.127. The molecule has 0 bridgehead atoms. The predicted molar refractivity (Wildman–Crippen MR) is 128 cm³/mol. The van der Waals surface area contributed by atoms with Crippen LogP contribution < -0.4 is 5.32 Å². The molecule has 1 saturated heterocycles. The molecular weight excluding hydrogens is 406 g/mol. The lowest BCUT2D eigenvalue weighted by Gasteiger charge is -2.32. The summed E-state index contributed by atoms with van der Waals surface area (Å²) >= 11 is 6.08. The third-order valence-electron chi connectivity index (χ3n) is 6.50. The van der Waals surface area contributed by atoms with E-state index in [0.717, 1.165) is 50.5 Å². The van der Waals surface area contributed by atoms with Crippen molar-refractivity contribution in [2.24, 2.45) is 5.92 Å². The van der Waals surface area contributed by atoms with Gasteiger partial charge in [-0.2, -0.15) is 0 Å². The van der Waals surface area contributed by atoms with Crippen LogP contribution in [0.15, 0.2) is 54.6 Å². The lowest BCUT2D eigenvalue weighted by Crippen LogP contribution is -2.42. The molecule has 4 nitrogen and oxygen atoms in total. The number of rotatable bonds is 7. The fourth-order valence-corrected chi connectivity index (χ4v) is 4.53. The van der Waals surface area contributed by atoms with Crippen LogP contribution in [0.3, 0.4) is 0 Å². The van der Waals surface area contributed by atoms with Crippen LogP contribution in [0, 0.1) is 5.92 Å². The van der Waals surface area contributed by atoms with Crippen LogP contribution in [0.4, 0.5) is 0 Å². The van der Waals surface area contributed by atoms with Crippen LogP contribution in [0.2, 0.25) is 5.02 Å². The molecule has 0 unspecified atom stereocenters. The van der Waals surface area contributed by atoms with Gasteiger partial charge >= 0.3 is 0 Å². The number of fused-ring (bicyclic) bond motifs is 1. The van der Waals surface area contributed by atoms with Gasteiger partial charge < -0.3 is 9.88 Å². The minimum Gasteiger partial charge on any atom is -0.353 e. The second-order valence-electron chi connectivity index (χ2n) is 8.78. The number of halogens is 1. The summed E-state index contributed by atoms with van der Waals surface area (Å²) in [4.78, 5) is 15.0. The largest absolute Gasteiger partial charge is 0.353 e. The highest BCUT2D eigenvalue weighted by atomic mass is 35.5. The van der Waals surface area contributed by atoms with Crippen LogP contribution in [0.5, 0.6) is 0 Å². The maximum absolute atomic E-state index is 12.5. The molecule has 1 aliphatic rings. The van der Waals surface area contributed by atoms with Crippen molar-refractivity contribution in [1.82, 2.24) is 14.8 Å². The topological polar surface area (TPSA) is 37.3 Å². The maximum Gasteiger partial charge on any atom is 0.223 e. The molecule has 1 N–H and O–H groups in total. The van der Waals surface area contributed by atoms with E-state index in [1.54, 1.807) is 0 Å². The number of aromatic nitrogens is 1. The van der Waals surface area contributed by atoms with Gasteiger partial charge in [0.2, 0.25) is 5.91 Å². The van der Waals surface area contributed by atoms with Crippen LogP contribution in [-0.4, -0.2) is 34.5 Å². The highest BCUT2D eigenvalue weighted by Crippen LogP contribution is 2.25. The standard InChI is InChI=1S/C26H32ClN3O/c1-3-19(2)28-26(31)21-12-14-29(15-13-21)18-24-16-22-6-4-5-7-25(22)30(24)17-20-8-10-23(27)11-9-20/h4-11,16,19,21H,3,12-15,17-18H2,1-2H3,(H,28,31)/t19-/m0/s1. The van der Waals surface area contributed by atoms with Gasteiger partial charge in [-0.25, -0.2) is 0 Å². The molecule has 2 heterocycles. The van der Waals surface area contributed by atoms with Crippen molar-refractivity contribution in [3.8, 4) is 0 Å². The fraction of sp³-hybridized carbons (Fsp3) is 0.423. The molecule has 3 aromatic rings. The van der Waals surface area contributed by atoms with E-state index in [1.165, 1.54) is 22.2 Å². The third-order valence-corrected chi connectivity index (χ3v) is 6.75. The molecule has 1 aromatic heterocycles. The van der Waals surface area contributed by atoms with Crippen molar-refractivity contribution >= 4 is 28.4 Å². The number of carbonyl (C=O) groups excluding carboxylic acids is 1.